The molecule has 2 saturated heterocycles. The zero-order valence-corrected chi connectivity index (χ0v) is 17.6. The maximum Gasteiger partial charge on any atom is 0.0657 e. The van der Waals surface area contributed by atoms with Gasteiger partial charge in [0.15, 0.2) is 0 Å². The fourth-order valence-corrected chi connectivity index (χ4v) is 4.70. The molecule has 0 amide bonds. The van der Waals surface area contributed by atoms with Crippen LogP contribution in [0.3, 0.4) is 0 Å². The molecule has 24 heavy (non-hydrogen) atoms. The Kier molecular flexibility index (Phi) is 6.94. The first-order valence-corrected chi connectivity index (χ1v) is 9.61. The summed E-state index contributed by atoms with van der Waals surface area (Å²) in [6.45, 7) is 20.3. The summed E-state index contributed by atoms with van der Waals surface area (Å²) in [5, 5.41) is 15.5. The molecule has 144 valence electrons. The fourth-order valence-electron chi connectivity index (χ4n) is 4.70. The highest BCUT2D eigenvalue weighted by Gasteiger charge is 2.45. The topological polar surface area (TPSA) is 44.7 Å². The van der Waals surface area contributed by atoms with E-state index in [9.17, 15) is 5.11 Å². The van der Waals surface area contributed by atoms with Crippen LogP contribution >= 0.6 is 0 Å². The molecule has 0 radical (unpaired) electrons. The molecule has 2 fully saturated rings. The zero-order chi connectivity index (χ0) is 18.8. The second kappa shape index (κ2) is 7.61. The molecule has 0 unspecified atom stereocenters. The first-order chi connectivity index (χ1) is 10.7. The van der Waals surface area contributed by atoms with Gasteiger partial charge in [-0.1, -0.05) is 0 Å². The lowest BCUT2D eigenvalue weighted by atomic mass is 9.80. The molecular formula is C20H42N2O2. The molecule has 0 bridgehead atoms. The summed E-state index contributed by atoms with van der Waals surface area (Å²) >= 11 is 0. The highest BCUT2D eigenvalue weighted by Crippen LogP contribution is 2.38. The minimum absolute atomic E-state index is 0.0861. The standard InChI is InChI=1S/C11H23NO2.C9H19N/c1-6-14-12-10(2,3)7-9(13)8-11(12,4)5;1-8(2)6-5-7-9(3,4)10-8/h9,13H,6-8H2,1-5H3;10H,5-7H2,1-4H3. The number of rotatable bonds is 2. The fraction of sp³-hybridized carbons (Fsp3) is 1.00. The average molecular weight is 343 g/mol. The highest BCUT2D eigenvalue weighted by atomic mass is 16.7. The minimum atomic E-state index is -0.211. The Morgan fingerprint density at radius 2 is 1.33 bits per heavy atom. The largest absolute Gasteiger partial charge is 0.393 e. The monoisotopic (exact) mass is 342 g/mol. The third-order valence-corrected chi connectivity index (χ3v) is 5.11. The van der Waals surface area contributed by atoms with Crippen molar-refractivity contribution in [1.29, 1.82) is 0 Å². The Balaban J connectivity index is 0.000000254. The van der Waals surface area contributed by atoms with Crippen molar-refractivity contribution in [2.75, 3.05) is 6.61 Å². The number of hydrogen-bond donors (Lipinski definition) is 2. The zero-order valence-electron chi connectivity index (χ0n) is 17.6. The summed E-state index contributed by atoms with van der Waals surface area (Å²) in [6.07, 6.45) is 5.34. The van der Waals surface area contributed by atoms with Crippen LogP contribution in [0.1, 0.15) is 94.4 Å². The van der Waals surface area contributed by atoms with Gasteiger partial charge in [0.25, 0.3) is 0 Å². The second-order valence-corrected chi connectivity index (χ2v) is 10.1. The van der Waals surface area contributed by atoms with Gasteiger partial charge in [-0.05, 0) is 94.4 Å². The van der Waals surface area contributed by atoms with E-state index in [1.807, 2.05) is 12.0 Å². The van der Waals surface area contributed by atoms with Gasteiger partial charge in [-0.2, -0.15) is 5.06 Å². The van der Waals surface area contributed by atoms with E-state index in [1.165, 1.54) is 19.3 Å². The van der Waals surface area contributed by atoms with E-state index >= 15 is 0 Å². The van der Waals surface area contributed by atoms with E-state index < -0.39 is 0 Å². The van der Waals surface area contributed by atoms with Gasteiger partial charge in [-0.3, -0.25) is 4.84 Å². The number of hydroxylamine groups is 2. The molecule has 2 aliphatic heterocycles. The number of nitrogens with zero attached hydrogens (tertiary/aromatic N) is 1. The van der Waals surface area contributed by atoms with E-state index in [4.69, 9.17) is 4.84 Å². The van der Waals surface area contributed by atoms with Crippen molar-refractivity contribution in [3.05, 3.63) is 0 Å². The van der Waals surface area contributed by atoms with Gasteiger partial charge in [0.1, 0.15) is 0 Å². The molecule has 0 atom stereocenters. The molecule has 2 heterocycles. The van der Waals surface area contributed by atoms with Gasteiger partial charge in [0.05, 0.1) is 12.7 Å². The molecule has 0 saturated carbocycles. The first-order valence-electron chi connectivity index (χ1n) is 9.61. The summed E-state index contributed by atoms with van der Waals surface area (Å²) in [5.41, 5.74) is 0.553. The van der Waals surface area contributed by atoms with Crippen molar-refractivity contribution in [3.63, 3.8) is 0 Å². The predicted molar refractivity (Wildman–Crippen MR) is 102 cm³/mol. The van der Waals surface area contributed by atoms with Gasteiger partial charge >= 0.3 is 0 Å². The third-order valence-electron chi connectivity index (χ3n) is 5.11. The maximum atomic E-state index is 9.78. The lowest BCUT2D eigenvalue weighted by Gasteiger charge is -2.52. The van der Waals surface area contributed by atoms with Crippen LogP contribution in [0, 0.1) is 0 Å². The van der Waals surface area contributed by atoms with Crippen LogP contribution in [0.4, 0.5) is 0 Å². The van der Waals surface area contributed by atoms with Crippen LogP contribution in [0.5, 0.6) is 0 Å². The third kappa shape index (κ3) is 6.29. The Morgan fingerprint density at radius 1 is 0.917 bits per heavy atom. The molecule has 4 heteroatoms. The van der Waals surface area contributed by atoms with Crippen LogP contribution < -0.4 is 5.32 Å². The maximum absolute atomic E-state index is 9.78. The molecule has 0 spiro atoms. The van der Waals surface area contributed by atoms with E-state index in [0.29, 0.717) is 17.7 Å². The van der Waals surface area contributed by atoms with Crippen LogP contribution in [0.25, 0.3) is 0 Å². The van der Waals surface area contributed by atoms with Crippen LogP contribution in [0.2, 0.25) is 0 Å². The van der Waals surface area contributed by atoms with Crippen LogP contribution in [-0.4, -0.2) is 45.0 Å². The molecule has 2 aliphatic rings. The van der Waals surface area contributed by atoms with E-state index in [2.05, 4.69) is 60.7 Å². The number of hydrogen-bond acceptors (Lipinski definition) is 4. The Labute approximate surface area is 150 Å². The molecular weight excluding hydrogens is 300 g/mol. The second-order valence-electron chi connectivity index (χ2n) is 10.1. The Hall–Kier alpha value is -0.160. The van der Waals surface area contributed by atoms with Gasteiger partial charge < -0.3 is 10.4 Å². The van der Waals surface area contributed by atoms with Crippen molar-refractivity contribution < 1.29 is 9.94 Å². The molecule has 4 nitrogen and oxygen atoms in total. The highest BCUT2D eigenvalue weighted by molar-refractivity contribution is 4.96. The minimum Gasteiger partial charge on any atom is -0.393 e. The van der Waals surface area contributed by atoms with Crippen molar-refractivity contribution in [2.45, 2.75) is 123 Å². The molecule has 0 aliphatic carbocycles. The Morgan fingerprint density at radius 3 is 1.62 bits per heavy atom. The number of nitrogens with one attached hydrogen (secondary N) is 1. The smallest absolute Gasteiger partial charge is 0.0657 e. The molecule has 0 aromatic carbocycles. The number of piperidine rings is 2. The van der Waals surface area contributed by atoms with Gasteiger partial charge in [-0.25, -0.2) is 0 Å². The molecule has 0 aromatic heterocycles. The molecule has 2 rings (SSSR count). The summed E-state index contributed by atoms with van der Waals surface area (Å²) in [5.74, 6) is 0. The van der Waals surface area contributed by atoms with Crippen molar-refractivity contribution >= 4 is 0 Å². The normalized spacial score (nSPS) is 28.8. The molecule has 2 N–H and O–H groups in total. The van der Waals surface area contributed by atoms with E-state index in [1.54, 1.807) is 0 Å². The summed E-state index contributed by atoms with van der Waals surface area (Å²) < 4.78 is 0. The lowest BCUT2D eigenvalue weighted by Crippen LogP contribution is -2.61. The van der Waals surface area contributed by atoms with Crippen LogP contribution in [-0.2, 0) is 4.84 Å². The summed E-state index contributed by atoms with van der Waals surface area (Å²) in [6, 6.07) is 0. The number of aliphatic hydroxyl groups is 1. The first kappa shape index (κ1) is 21.9. The number of aliphatic hydroxyl groups excluding tert-OH is 1. The van der Waals surface area contributed by atoms with Crippen LogP contribution in [0.15, 0.2) is 0 Å². The predicted octanol–water partition coefficient (Wildman–Crippen LogP) is 4.27. The van der Waals surface area contributed by atoms with Gasteiger partial charge in [-0.15, -0.1) is 0 Å². The van der Waals surface area contributed by atoms with E-state index in [-0.39, 0.29) is 17.2 Å². The van der Waals surface area contributed by atoms with Crippen molar-refractivity contribution in [1.82, 2.24) is 10.4 Å². The Bertz CT molecular complexity index is 370. The van der Waals surface area contributed by atoms with Gasteiger partial charge in [0.2, 0.25) is 0 Å². The average Bonchev–Trinajstić information content (AvgIpc) is 2.30. The summed E-state index contributed by atoms with van der Waals surface area (Å²) in [7, 11) is 0. The van der Waals surface area contributed by atoms with Gasteiger partial charge in [0, 0.05) is 22.2 Å². The quantitative estimate of drug-likeness (QED) is 0.786. The summed E-state index contributed by atoms with van der Waals surface area (Å²) in [4.78, 5) is 5.68. The SMILES string of the molecule is CC1(C)CCCC(C)(C)N1.CCON1C(C)(C)CC(O)CC1(C)C. The van der Waals surface area contributed by atoms with Crippen molar-refractivity contribution in [3.8, 4) is 0 Å². The molecule has 0 aromatic rings. The lowest BCUT2D eigenvalue weighted by molar-refractivity contribution is -0.289. The van der Waals surface area contributed by atoms with Crippen molar-refractivity contribution in [2.24, 2.45) is 0 Å². The van der Waals surface area contributed by atoms with E-state index in [0.717, 1.165) is 12.8 Å².